The Morgan fingerprint density at radius 2 is 2.40 bits per heavy atom. The molecule has 0 aromatic heterocycles. The van der Waals surface area contributed by atoms with Gasteiger partial charge in [-0.15, -0.1) is 0 Å². The van der Waals surface area contributed by atoms with Crippen molar-refractivity contribution in [1.29, 1.82) is 0 Å². The molecule has 3 heteroatoms. The molecule has 0 saturated carbocycles. The van der Waals surface area contributed by atoms with E-state index in [0.717, 1.165) is 31.7 Å². The van der Waals surface area contributed by atoms with Gasteiger partial charge in [0.15, 0.2) is 0 Å². The average Bonchev–Trinajstić information content (AvgIpc) is 2.28. The van der Waals surface area contributed by atoms with Crippen LogP contribution in [0.25, 0.3) is 0 Å². The molecule has 1 unspecified atom stereocenters. The molecule has 3 nitrogen and oxygen atoms in total. The van der Waals surface area contributed by atoms with Crippen molar-refractivity contribution < 1.29 is 9.47 Å². The van der Waals surface area contributed by atoms with E-state index in [1.54, 1.807) is 0 Å². The topological polar surface area (TPSA) is 30.5 Å². The van der Waals surface area contributed by atoms with Crippen molar-refractivity contribution in [2.45, 2.75) is 32.3 Å². The van der Waals surface area contributed by atoms with Crippen LogP contribution in [-0.2, 0) is 9.47 Å². The van der Waals surface area contributed by atoms with Gasteiger partial charge in [0.05, 0.1) is 19.3 Å². The van der Waals surface area contributed by atoms with Crippen molar-refractivity contribution in [3.05, 3.63) is 12.2 Å². The first-order valence-electron chi connectivity index (χ1n) is 5.89. The SMILES string of the molecule is C=C(CNCC)COCC1CCCCO1. The van der Waals surface area contributed by atoms with E-state index >= 15 is 0 Å². The van der Waals surface area contributed by atoms with Crippen LogP contribution in [0.4, 0.5) is 0 Å². The fourth-order valence-corrected chi connectivity index (χ4v) is 1.63. The van der Waals surface area contributed by atoms with E-state index in [1.807, 2.05) is 0 Å². The van der Waals surface area contributed by atoms with Gasteiger partial charge in [-0.3, -0.25) is 0 Å². The van der Waals surface area contributed by atoms with E-state index in [2.05, 4.69) is 18.8 Å². The Bertz CT molecular complexity index is 176. The number of hydrogen-bond acceptors (Lipinski definition) is 3. The highest BCUT2D eigenvalue weighted by Crippen LogP contribution is 2.12. The molecule has 1 saturated heterocycles. The molecule has 1 fully saturated rings. The van der Waals surface area contributed by atoms with E-state index in [0.29, 0.717) is 19.3 Å². The summed E-state index contributed by atoms with van der Waals surface area (Å²) in [5.74, 6) is 0. The number of ether oxygens (including phenoxy) is 2. The summed E-state index contributed by atoms with van der Waals surface area (Å²) in [6.07, 6.45) is 3.92. The monoisotopic (exact) mass is 213 g/mol. The second kappa shape index (κ2) is 7.85. The van der Waals surface area contributed by atoms with Gasteiger partial charge in [-0.1, -0.05) is 13.5 Å². The van der Waals surface area contributed by atoms with Crippen LogP contribution in [0.2, 0.25) is 0 Å². The van der Waals surface area contributed by atoms with Crippen molar-refractivity contribution in [3.63, 3.8) is 0 Å². The van der Waals surface area contributed by atoms with Gasteiger partial charge in [0.1, 0.15) is 0 Å². The summed E-state index contributed by atoms with van der Waals surface area (Å²) in [5, 5.41) is 3.23. The van der Waals surface area contributed by atoms with Crippen LogP contribution < -0.4 is 5.32 Å². The maximum absolute atomic E-state index is 5.57. The molecular weight excluding hydrogens is 190 g/mol. The summed E-state index contributed by atoms with van der Waals surface area (Å²) < 4.78 is 11.1. The van der Waals surface area contributed by atoms with Crippen molar-refractivity contribution >= 4 is 0 Å². The highest BCUT2D eigenvalue weighted by molar-refractivity contribution is 4.96. The molecule has 0 spiro atoms. The zero-order valence-corrected chi connectivity index (χ0v) is 9.76. The molecule has 1 aliphatic heterocycles. The van der Waals surface area contributed by atoms with Gasteiger partial charge in [-0.2, -0.15) is 0 Å². The van der Waals surface area contributed by atoms with Crippen molar-refractivity contribution in [1.82, 2.24) is 5.32 Å². The molecule has 1 rings (SSSR count). The minimum atomic E-state index is 0.311. The second-order valence-corrected chi connectivity index (χ2v) is 4.03. The first kappa shape index (κ1) is 12.7. The summed E-state index contributed by atoms with van der Waals surface area (Å²) in [6.45, 7) is 10.1. The lowest BCUT2D eigenvalue weighted by molar-refractivity contribution is -0.0365. The fraction of sp³-hybridized carbons (Fsp3) is 0.833. The first-order chi connectivity index (χ1) is 7.33. The summed E-state index contributed by atoms with van der Waals surface area (Å²) in [5.41, 5.74) is 1.10. The van der Waals surface area contributed by atoms with Gasteiger partial charge >= 0.3 is 0 Å². The van der Waals surface area contributed by atoms with Crippen LogP contribution in [0.1, 0.15) is 26.2 Å². The Labute approximate surface area is 92.8 Å². The van der Waals surface area contributed by atoms with Crippen LogP contribution in [0.15, 0.2) is 12.2 Å². The normalized spacial score (nSPS) is 21.5. The molecule has 0 radical (unpaired) electrons. The van der Waals surface area contributed by atoms with Crippen LogP contribution in [0.3, 0.4) is 0 Å². The predicted molar refractivity (Wildman–Crippen MR) is 62.1 cm³/mol. The predicted octanol–water partition coefficient (Wildman–Crippen LogP) is 1.74. The minimum absolute atomic E-state index is 0.311. The molecule has 88 valence electrons. The molecule has 1 heterocycles. The molecule has 0 amide bonds. The third-order valence-corrected chi connectivity index (χ3v) is 2.51. The summed E-state index contributed by atoms with van der Waals surface area (Å²) in [6, 6.07) is 0. The number of likely N-dealkylation sites (N-methyl/N-ethyl adjacent to an activating group) is 1. The number of rotatable bonds is 7. The van der Waals surface area contributed by atoms with E-state index in [4.69, 9.17) is 9.47 Å². The summed E-state index contributed by atoms with van der Waals surface area (Å²) >= 11 is 0. The molecule has 0 bridgehead atoms. The van der Waals surface area contributed by atoms with E-state index < -0.39 is 0 Å². The molecule has 0 aromatic rings. The van der Waals surface area contributed by atoms with Gasteiger partial charge in [0.2, 0.25) is 0 Å². The van der Waals surface area contributed by atoms with Gasteiger partial charge < -0.3 is 14.8 Å². The lowest BCUT2D eigenvalue weighted by Crippen LogP contribution is -2.25. The lowest BCUT2D eigenvalue weighted by atomic mass is 10.1. The van der Waals surface area contributed by atoms with E-state index in [1.165, 1.54) is 12.8 Å². The Morgan fingerprint density at radius 1 is 1.53 bits per heavy atom. The Kier molecular flexibility index (Phi) is 6.64. The van der Waals surface area contributed by atoms with Crippen molar-refractivity contribution in [2.75, 3.05) is 32.9 Å². The Hall–Kier alpha value is -0.380. The fourth-order valence-electron chi connectivity index (χ4n) is 1.63. The first-order valence-corrected chi connectivity index (χ1v) is 5.89. The minimum Gasteiger partial charge on any atom is -0.376 e. The van der Waals surface area contributed by atoms with E-state index in [-0.39, 0.29) is 0 Å². The largest absolute Gasteiger partial charge is 0.376 e. The third kappa shape index (κ3) is 5.92. The molecular formula is C12H23NO2. The number of nitrogens with one attached hydrogen (secondary N) is 1. The number of hydrogen-bond donors (Lipinski definition) is 1. The molecule has 0 aliphatic carbocycles. The van der Waals surface area contributed by atoms with Crippen molar-refractivity contribution in [3.8, 4) is 0 Å². The van der Waals surface area contributed by atoms with Gasteiger partial charge in [-0.05, 0) is 31.4 Å². The summed E-state index contributed by atoms with van der Waals surface area (Å²) in [7, 11) is 0. The highest BCUT2D eigenvalue weighted by atomic mass is 16.5. The maximum Gasteiger partial charge on any atom is 0.0808 e. The smallest absolute Gasteiger partial charge is 0.0808 e. The standard InChI is InChI=1S/C12H23NO2/c1-3-13-8-11(2)9-14-10-12-6-4-5-7-15-12/h12-13H,2-10H2,1H3. The molecule has 1 atom stereocenters. The lowest BCUT2D eigenvalue weighted by Gasteiger charge is -2.22. The van der Waals surface area contributed by atoms with Crippen LogP contribution in [-0.4, -0.2) is 39.0 Å². The Balaban J connectivity index is 1.97. The summed E-state index contributed by atoms with van der Waals surface area (Å²) in [4.78, 5) is 0. The average molecular weight is 213 g/mol. The second-order valence-electron chi connectivity index (χ2n) is 4.03. The highest BCUT2D eigenvalue weighted by Gasteiger charge is 2.13. The van der Waals surface area contributed by atoms with Crippen LogP contribution >= 0.6 is 0 Å². The zero-order valence-electron chi connectivity index (χ0n) is 9.76. The molecule has 1 aliphatic rings. The quantitative estimate of drug-likeness (QED) is 0.653. The van der Waals surface area contributed by atoms with Gasteiger partial charge in [-0.25, -0.2) is 0 Å². The Morgan fingerprint density at radius 3 is 3.07 bits per heavy atom. The zero-order chi connectivity index (χ0) is 10.9. The van der Waals surface area contributed by atoms with Gasteiger partial charge in [0.25, 0.3) is 0 Å². The molecule has 15 heavy (non-hydrogen) atoms. The van der Waals surface area contributed by atoms with Crippen LogP contribution in [0.5, 0.6) is 0 Å². The third-order valence-electron chi connectivity index (χ3n) is 2.51. The van der Waals surface area contributed by atoms with Crippen LogP contribution in [0, 0.1) is 0 Å². The maximum atomic E-state index is 5.57. The van der Waals surface area contributed by atoms with Crippen molar-refractivity contribution in [2.24, 2.45) is 0 Å². The van der Waals surface area contributed by atoms with Gasteiger partial charge in [0, 0.05) is 13.2 Å². The molecule has 1 N–H and O–H groups in total. The van der Waals surface area contributed by atoms with E-state index in [9.17, 15) is 0 Å². The molecule has 0 aromatic carbocycles.